The summed E-state index contributed by atoms with van der Waals surface area (Å²) in [5.41, 5.74) is -6.24. The summed E-state index contributed by atoms with van der Waals surface area (Å²) < 4.78 is 81.1. The largest absolute Gasteiger partial charge is 0.458 e. The van der Waals surface area contributed by atoms with E-state index in [9.17, 15) is 35.1 Å². The van der Waals surface area contributed by atoms with E-state index < -0.39 is 156 Å². The first-order valence-corrected chi connectivity index (χ1v) is 30.1. The topological polar surface area (TPSA) is 268 Å². The van der Waals surface area contributed by atoms with Crippen LogP contribution in [0.2, 0.25) is 0 Å². The number of esters is 2. The van der Waals surface area contributed by atoms with Crippen molar-refractivity contribution >= 4 is 18.0 Å². The molecule has 10 rings (SSSR count). The first-order chi connectivity index (χ1) is 40.0. The van der Waals surface area contributed by atoms with E-state index in [-0.39, 0.29) is 43.8 Å². The standard InChI is InChI=1S/C63H89NO20/c1-34-54(67)44(72-8)29-51(75-34)83-56-37(4)78-53(31-46(56)74-10)84-57-36(3)77-52(30-45(57)73-9)82-55-35(2)76-50(28-43(55)65)80-42-21-22-59(6)41(27-42)20-23-62(70)47(59)32-48(81-49(66)19-18-39-15-12-11-13-16-39)60(7)61(69,24-25-63(60,62)71)38(5)79-58(68)40-17-14-26-64-33-40/h11-20,26,33-38,42-48,50-57,65,67,69-71H,21-25,27-32H2,1-10H3/t34-,35+,36-,37+,38-,42-,43-,44+,45-,46-,47+,48+,50-,51+,52-,53-,54-,55+,56+,57+,59-,60+,61+,62-,63+/m0/s1. The van der Waals surface area contributed by atoms with Crippen LogP contribution in [0.3, 0.4) is 0 Å². The number of hydrogen-bond acceptors (Lipinski definition) is 21. The summed E-state index contributed by atoms with van der Waals surface area (Å²) in [7, 11) is 4.78. The van der Waals surface area contributed by atoms with Crippen LogP contribution in [-0.2, 0) is 66.4 Å². The Labute approximate surface area is 492 Å². The van der Waals surface area contributed by atoms with Gasteiger partial charge in [-0.05, 0) is 109 Å². The van der Waals surface area contributed by atoms with E-state index >= 15 is 0 Å². The molecule has 8 aliphatic rings. The molecule has 84 heavy (non-hydrogen) atoms. The van der Waals surface area contributed by atoms with Crippen molar-refractivity contribution in [3.63, 3.8) is 0 Å². The van der Waals surface area contributed by atoms with Crippen molar-refractivity contribution in [3.8, 4) is 0 Å². The summed E-state index contributed by atoms with van der Waals surface area (Å²) >= 11 is 0. The van der Waals surface area contributed by atoms with Crippen molar-refractivity contribution in [3.05, 3.63) is 83.7 Å². The maximum absolute atomic E-state index is 13.9. The maximum atomic E-state index is 13.9. The van der Waals surface area contributed by atoms with Crippen LogP contribution in [0.25, 0.3) is 6.08 Å². The third-order valence-corrected chi connectivity index (χ3v) is 20.6. The van der Waals surface area contributed by atoms with Crippen LogP contribution in [0, 0.1) is 16.7 Å². The van der Waals surface area contributed by atoms with Gasteiger partial charge in [-0.25, -0.2) is 9.59 Å². The van der Waals surface area contributed by atoms with Crippen molar-refractivity contribution in [1.82, 2.24) is 4.98 Å². The summed E-state index contributed by atoms with van der Waals surface area (Å²) in [6.07, 6.45) is -1.76. The van der Waals surface area contributed by atoms with Gasteiger partial charge >= 0.3 is 11.9 Å². The molecule has 0 radical (unpaired) electrons. The highest BCUT2D eigenvalue weighted by Crippen LogP contribution is 2.71. The molecular formula is C63H89NO20. The van der Waals surface area contributed by atoms with Crippen LogP contribution in [0.4, 0.5) is 0 Å². The van der Waals surface area contributed by atoms with Crippen LogP contribution < -0.4 is 0 Å². The van der Waals surface area contributed by atoms with E-state index in [1.54, 1.807) is 60.3 Å². The Kier molecular flexibility index (Phi) is 19.0. The average Bonchev–Trinajstić information content (AvgIpc) is 1.45. The molecule has 25 atom stereocenters. The van der Waals surface area contributed by atoms with Crippen molar-refractivity contribution in [1.29, 1.82) is 0 Å². The molecule has 4 aliphatic carbocycles. The minimum absolute atomic E-state index is 0.0425. The Morgan fingerprint density at radius 1 is 0.702 bits per heavy atom. The van der Waals surface area contributed by atoms with Gasteiger partial charge in [-0.3, -0.25) is 4.98 Å². The molecule has 4 saturated heterocycles. The van der Waals surface area contributed by atoms with E-state index in [0.717, 1.165) is 11.1 Å². The minimum Gasteiger partial charge on any atom is -0.458 e. The van der Waals surface area contributed by atoms with Crippen molar-refractivity contribution in [2.45, 2.75) is 253 Å². The predicted octanol–water partition coefficient (Wildman–Crippen LogP) is 5.63. The second kappa shape index (κ2) is 25.3. The van der Waals surface area contributed by atoms with Crippen LogP contribution in [-0.4, -0.2) is 197 Å². The van der Waals surface area contributed by atoms with Crippen molar-refractivity contribution in [2.75, 3.05) is 21.3 Å². The number of carbonyl (C=O) groups is 2. The fourth-order valence-corrected chi connectivity index (χ4v) is 15.7. The third-order valence-electron chi connectivity index (χ3n) is 20.6. The van der Waals surface area contributed by atoms with Gasteiger partial charge in [0.1, 0.15) is 53.4 Å². The van der Waals surface area contributed by atoms with E-state index in [2.05, 4.69) is 11.9 Å². The molecule has 5 N–H and O–H groups in total. The molecule has 7 fully saturated rings. The van der Waals surface area contributed by atoms with Crippen LogP contribution in [0.15, 0.2) is 72.6 Å². The Morgan fingerprint density at radius 3 is 1.88 bits per heavy atom. The normalized spacial score (nSPS) is 45.4. The molecular weight excluding hydrogens is 1090 g/mol. The fraction of sp³-hybridized carbons (Fsp3) is 0.730. The Morgan fingerprint density at radius 2 is 1.29 bits per heavy atom. The van der Waals surface area contributed by atoms with E-state index in [1.165, 1.54) is 18.5 Å². The number of carbonyl (C=O) groups excluding carboxylic acids is 2. The number of benzene rings is 1. The van der Waals surface area contributed by atoms with Gasteiger partial charge in [0.05, 0.1) is 65.9 Å². The van der Waals surface area contributed by atoms with Gasteiger partial charge in [0.2, 0.25) is 0 Å². The summed E-state index contributed by atoms with van der Waals surface area (Å²) in [5, 5.41) is 61.9. The second-order valence-corrected chi connectivity index (χ2v) is 25.2. The number of nitrogens with zero attached hydrogens (tertiary/aromatic N) is 1. The second-order valence-electron chi connectivity index (χ2n) is 25.2. The number of aliphatic hydroxyl groups is 5. The Hall–Kier alpha value is -3.85. The zero-order valence-corrected chi connectivity index (χ0v) is 50.1. The highest BCUT2D eigenvalue weighted by Gasteiger charge is 2.81. The first-order valence-electron chi connectivity index (χ1n) is 30.1. The van der Waals surface area contributed by atoms with Gasteiger partial charge in [0.15, 0.2) is 25.2 Å². The molecule has 5 heterocycles. The molecule has 466 valence electrons. The molecule has 4 aliphatic heterocycles. The van der Waals surface area contributed by atoms with Gasteiger partial charge in [-0.1, -0.05) is 55.8 Å². The Bertz CT molecular complexity index is 2620. The first kappa shape index (κ1) is 63.2. The quantitative estimate of drug-likeness (QED) is 0.0729. The number of aliphatic hydroxyl groups excluding tert-OH is 2. The molecule has 0 unspecified atom stereocenters. The highest BCUT2D eigenvalue weighted by molar-refractivity contribution is 5.89. The molecule has 2 aromatic rings. The number of fused-ring (bicyclic) bond motifs is 5. The third kappa shape index (κ3) is 11.7. The summed E-state index contributed by atoms with van der Waals surface area (Å²) in [4.78, 5) is 31.4. The maximum Gasteiger partial charge on any atom is 0.340 e. The SMILES string of the molecule is CO[C@H]1C[C@H](O[C@H]2[C@@H](O)C[C@H](O[C@H]3CC[C@@]4(C)C(=CC[C@]5(O)[C@@H]4C[C@@H](OC(=O)C=Cc4ccccc4)[C@@]4(C)[C@]5(O)CC[C@@]4(O)[C@H](C)OC(=O)c4cccnc4)C3)O[C@@H]2C)O[C@@H](C)[C@H]1O[C@H]1C[C@H](OC)[C@H](O[C@@H]2C[C@@H](OC)[C@@H](O)[C@H](C)O2)[C@@H](C)O1. The number of pyridine rings is 1. The molecule has 1 aromatic carbocycles. The van der Waals surface area contributed by atoms with Gasteiger partial charge in [0, 0.05) is 71.4 Å². The molecule has 0 spiro atoms. The summed E-state index contributed by atoms with van der Waals surface area (Å²) in [6, 6.07) is 12.4. The highest BCUT2D eigenvalue weighted by atomic mass is 16.8. The van der Waals surface area contributed by atoms with Gasteiger partial charge in [-0.15, -0.1) is 0 Å². The number of methoxy groups -OCH3 is 3. The Balaban J connectivity index is 0.767. The molecule has 21 heteroatoms. The van der Waals surface area contributed by atoms with Crippen molar-refractivity contribution in [2.24, 2.45) is 16.7 Å². The lowest BCUT2D eigenvalue weighted by Gasteiger charge is -2.67. The smallest absolute Gasteiger partial charge is 0.340 e. The molecule has 21 nitrogen and oxygen atoms in total. The lowest BCUT2D eigenvalue weighted by atomic mass is 9.42. The summed E-state index contributed by atoms with van der Waals surface area (Å²) in [5.74, 6) is -2.05. The van der Waals surface area contributed by atoms with Crippen LogP contribution in [0.5, 0.6) is 0 Å². The van der Waals surface area contributed by atoms with Gasteiger partial charge in [-0.2, -0.15) is 0 Å². The molecule has 0 amide bonds. The monoisotopic (exact) mass is 1180 g/mol. The van der Waals surface area contributed by atoms with E-state index in [4.69, 9.17) is 61.6 Å². The van der Waals surface area contributed by atoms with Gasteiger partial charge < -0.3 is 87.1 Å². The molecule has 3 saturated carbocycles. The molecule has 1 aromatic heterocycles. The van der Waals surface area contributed by atoms with Crippen LogP contribution >= 0.6 is 0 Å². The minimum atomic E-state index is -2.02. The van der Waals surface area contributed by atoms with E-state index in [0.29, 0.717) is 38.5 Å². The van der Waals surface area contributed by atoms with Crippen LogP contribution in [0.1, 0.15) is 135 Å². The molecule has 0 bridgehead atoms. The lowest BCUT2D eigenvalue weighted by Crippen LogP contribution is -2.78. The predicted molar refractivity (Wildman–Crippen MR) is 299 cm³/mol. The summed E-state index contributed by atoms with van der Waals surface area (Å²) in [6.45, 7) is 12.7. The lowest BCUT2D eigenvalue weighted by molar-refractivity contribution is -0.346. The van der Waals surface area contributed by atoms with Crippen molar-refractivity contribution < 1.29 is 96.7 Å². The fourth-order valence-electron chi connectivity index (χ4n) is 15.7. The number of ether oxygens (including phenoxy) is 13. The number of hydrogen-bond donors (Lipinski definition) is 5. The van der Waals surface area contributed by atoms with E-state index in [1.807, 2.05) is 57.2 Å². The number of aromatic nitrogens is 1. The zero-order chi connectivity index (χ0) is 60.1. The zero-order valence-electron chi connectivity index (χ0n) is 50.1. The average molecular weight is 1180 g/mol. The number of rotatable bonds is 17. The van der Waals surface area contributed by atoms with Gasteiger partial charge in [0.25, 0.3) is 0 Å².